The van der Waals surface area contributed by atoms with Crippen molar-refractivity contribution >= 4 is 44.9 Å². The number of carbonyl (C=O) groups is 1. The molecule has 0 saturated carbocycles. The lowest BCUT2D eigenvalue weighted by Crippen LogP contribution is -2.12. The van der Waals surface area contributed by atoms with E-state index >= 15 is 0 Å². The van der Waals surface area contributed by atoms with Gasteiger partial charge in [0, 0.05) is 22.4 Å². The largest absolute Gasteiger partial charge is 0.317 e. The molecule has 2 heterocycles. The van der Waals surface area contributed by atoms with Crippen LogP contribution in [0.4, 0.5) is 5.00 Å². The molecule has 4 rings (SSSR count). The minimum atomic E-state index is -0.0432. The number of rotatable bonds is 5. The number of benzene rings is 1. The maximum absolute atomic E-state index is 12.3. The Labute approximate surface area is 166 Å². The zero-order valence-electron chi connectivity index (χ0n) is 14.8. The van der Waals surface area contributed by atoms with Crippen molar-refractivity contribution in [1.82, 2.24) is 4.98 Å². The van der Waals surface area contributed by atoms with E-state index in [-0.39, 0.29) is 5.91 Å². The Hall–Kier alpha value is -2.36. The molecule has 2 aromatic heterocycles. The van der Waals surface area contributed by atoms with Crippen molar-refractivity contribution in [3.63, 3.8) is 0 Å². The van der Waals surface area contributed by atoms with E-state index in [2.05, 4.69) is 22.4 Å². The zero-order valence-corrected chi connectivity index (χ0v) is 16.5. The summed E-state index contributed by atoms with van der Waals surface area (Å²) in [6.07, 6.45) is 4.66. The van der Waals surface area contributed by atoms with Crippen LogP contribution >= 0.6 is 23.1 Å². The maximum atomic E-state index is 12.3. The van der Waals surface area contributed by atoms with Crippen molar-refractivity contribution in [3.05, 3.63) is 52.4 Å². The molecule has 0 saturated heterocycles. The van der Waals surface area contributed by atoms with Crippen LogP contribution in [-0.4, -0.2) is 16.6 Å². The molecule has 1 aliphatic carbocycles. The third-order valence-electron chi connectivity index (χ3n) is 4.69. The van der Waals surface area contributed by atoms with Gasteiger partial charge in [-0.25, -0.2) is 4.98 Å². The highest BCUT2D eigenvalue weighted by Crippen LogP contribution is 2.37. The standard InChI is InChI=1S/C21H19N3OS2/c22-13-16-15-6-2-4-8-18(15)27-21(16)24-19(25)11-12-26-20-10-9-14-5-1-3-7-17(14)23-20/h1,3,5,7,9-10H,2,4,6,8,11-12H2,(H,24,25). The van der Waals surface area contributed by atoms with Gasteiger partial charge < -0.3 is 5.32 Å². The van der Waals surface area contributed by atoms with E-state index in [1.54, 1.807) is 23.1 Å². The summed E-state index contributed by atoms with van der Waals surface area (Å²) < 4.78 is 0. The fourth-order valence-electron chi connectivity index (χ4n) is 3.34. The Bertz CT molecular complexity index is 1040. The molecule has 0 fully saturated rings. The number of amides is 1. The monoisotopic (exact) mass is 393 g/mol. The molecule has 27 heavy (non-hydrogen) atoms. The van der Waals surface area contributed by atoms with Crippen molar-refractivity contribution in [1.29, 1.82) is 5.26 Å². The Balaban J connectivity index is 1.36. The maximum Gasteiger partial charge on any atom is 0.225 e. The SMILES string of the molecule is N#Cc1c(NC(=O)CCSc2ccc3ccccc3n2)sc2c1CCCC2. The predicted octanol–water partition coefficient (Wildman–Crippen LogP) is 5.17. The lowest BCUT2D eigenvalue weighted by molar-refractivity contribution is -0.115. The number of thioether (sulfide) groups is 1. The van der Waals surface area contributed by atoms with Crippen LogP contribution in [0.1, 0.15) is 35.3 Å². The molecule has 3 aromatic rings. The Morgan fingerprint density at radius 1 is 1.22 bits per heavy atom. The first-order valence-corrected chi connectivity index (χ1v) is 10.9. The first-order valence-electron chi connectivity index (χ1n) is 9.07. The molecule has 1 N–H and O–H groups in total. The van der Waals surface area contributed by atoms with Gasteiger partial charge in [-0.05, 0) is 43.4 Å². The quantitative estimate of drug-likeness (QED) is 0.608. The fourth-order valence-corrected chi connectivity index (χ4v) is 5.42. The first-order chi connectivity index (χ1) is 13.2. The van der Waals surface area contributed by atoms with E-state index in [9.17, 15) is 10.1 Å². The second-order valence-electron chi connectivity index (χ2n) is 6.52. The topological polar surface area (TPSA) is 65.8 Å². The summed E-state index contributed by atoms with van der Waals surface area (Å²) in [6.45, 7) is 0. The summed E-state index contributed by atoms with van der Waals surface area (Å²) in [5, 5.41) is 15.2. The van der Waals surface area contributed by atoms with E-state index in [0.29, 0.717) is 17.7 Å². The third-order valence-corrected chi connectivity index (χ3v) is 6.83. The summed E-state index contributed by atoms with van der Waals surface area (Å²) in [5.41, 5.74) is 2.79. The minimum Gasteiger partial charge on any atom is -0.317 e. The van der Waals surface area contributed by atoms with Crippen molar-refractivity contribution in [3.8, 4) is 6.07 Å². The van der Waals surface area contributed by atoms with E-state index in [1.165, 1.54) is 11.3 Å². The molecule has 6 heteroatoms. The van der Waals surface area contributed by atoms with Crippen LogP contribution in [0, 0.1) is 11.3 Å². The molecule has 136 valence electrons. The van der Waals surface area contributed by atoms with Gasteiger partial charge in [-0.3, -0.25) is 4.79 Å². The van der Waals surface area contributed by atoms with Crippen LogP contribution < -0.4 is 5.32 Å². The molecule has 4 nitrogen and oxygen atoms in total. The Kier molecular flexibility index (Phi) is 5.42. The van der Waals surface area contributed by atoms with Crippen LogP contribution in [0.3, 0.4) is 0 Å². The first kappa shape index (κ1) is 18.0. The zero-order chi connectivity index (χ0) is 18.6. The Morgan fingerprint density at radius 2 is 2.07 bits per heavy atom. The van der Waals surface area contributed by atoms with Gasteiger partial charge in [0.25, 0.3) is 0 Å². The number of para-hydroxylation sites is 1. The number of aromatic nitrogens is 1. The van der Waals surface area contributed by atoms with E-state index in [0.717, 1.165) is 45.8 Å². The number of thiophene rings is 1. The molecule has 0 bridgehead atoms. The summed E-state index contributed by atoms with van der Waals surface area (Å²) >= 11 is 3.15. The van der Waals surface area contributed by atoms with Crippen molar-refractivity contribution in [2.75, 3.05) is 11.1 Å². The summed E-state index contributed by atoms with van der Waals surface area (Å²) in [7, 11) is 0. The van der Waals surface area contributed by atoms with Gasteiger partial charge in [-0.15, -0.1) is 23.1 Å². The second-order valence-corrected chi connectivity index (χ2v) is 8.74. The van der Waals surface area contributed by atoms with Crippen LogP contribution in [0.5, 0.6) is 0 Å². The molecule has 0 unspecified atom stereocenters. The van der Waals surface area contributed by atoms with Crippen LogP contribution in [0.2, 0.25) is 0 Å². The molecular weight excluding hydrogens is 374 g/mol. The molecule has 1 aliphatic rings. The van der Waals surface area contributed by atoms with E-state index < -0.39 is 0 Å². The van der Waals surface area contributed by atoms with Gasteiger partial charge in [0.05, 0.1) is 16.1 Å². The normalized spacial score (nSPS) is 13.1. The fraction of sp³-hybridized carbons (Fsp3) is 0.286. The summed E-state index contributed by atoms with van der Waals surface area (Å²) in [5.74, 6) is 0.614. The number of fused-ring (bicyclic) bond motifs is 2. The second kappa shape index (κ2) is 8.12. The van der Waals surface area contributed by atoms with Gasteiger partial charge in [0.2, 0.25) is 5.91 Å². The number of pyridine rings is 1. The van der Waals surface area contributed by atoms with Gasteiger partial charge >= 0.3 is 0 Å². The lowest BCUT2D eigenvalue weighted by Gasteiger charge is -2.09. The van der Waals surface area contributed by atoms with Gasteiger partial charge in [-0.1, -0.05) is 24.3 Å². The van der Waals surface area contributed by atoms with Gasteiger partial charge in [0.15, 0.2) is 0 Å². The number of nitriles is 1. The molecule has 0 aliphatic heterocycles. The average molecular weight is 394 g/mol. The highest BCUT2D eigenvalue weighted by molar-refractivity contribution is 7.99. The molecule has 0 spiro atoms. The van der Waals surface area contributed by atoms with E-state index in [1.807, 2.05) is 30.3 Å². The van der Waals surface area contributed by atoms with Gasteiger partial charge in [-0.2, -0.15) is 5.26 Å². The smallest absolute Gasteiger partial charge is 0.225 e. The van der Waals surface area contributed by atoms with Crippen molar-refractivity contribution in [2.45, 2.75) is 37.1 Å². The molecule has 1 amide bonds. The highest BCUT2D eigenvalue weighted by Gasteiger charge is 2.21. The molecular formula is C21H19N3OS2. The third kappa shape index (κ3) is 4.00. The predicted molar refractivity (Wildman–Crippen MR) is 111 cm³/mol. The highest BCUT2D eigenvalue weighted by atomic mass is 32.2. The average Bonchev–Trinajstić information content (AvgIpc) is 3.04. The minimum absolute atomic E-state index is 0.0432. The van der Waals surface area contributed by atoms with Crippen LogP contribution in [0.15, 0.2) is 41.4 Å². The number of carbonyl (C=O) groups excluding carboxylic acids is 1. The number of anilines is 1. The van der Waals surface area contributed by atoms with Crippen LogP contribution in [-0.2, 0) is 17.6 Å². The Morgan fingerprint density at radius 3 is 2.96 bits per heavy atom. The number of nitrogens with zero attached hydrogens (tertiary/aromatic N) is 2. The molecule has 0 radical (unpaired) electrons. The lowest BCUT2D eigenvalue weighted by atomic mass is 9.96. The van der Waals surface area contributed by atoms with Crippen molar-refractivity contribution in [2.24, 2.45) is 0 Å². The molecule has 0 atom stereocenters. The molecule has 1 aromatic carbocycles. The van der Waals surface area contributed by atoms with E-state index in [4.69, 9.17) is 0 Å². The number of hydrogen-bond acceptors (Lipinski definition) is 5. The summed E-state index contributed by atoms with van der Waals surface area (Å²) in [4.78, 5) is 18.2. The number of hydrogen-bond donors (Lipinski definition) is 1. The number of nitrogens with one attached hydrogen (secondary N) is 1. The number of aryl methyl sites for hydroxylation is 1. The van der Waals surface area contributed by atoms with Crippen LogP contribution in [0.25, 0.3) is 10.9 Å². The van der Waals surface area contributed by atoms with Crippen molar-refractivity contribution < 1.29 is 4.79 Å². The summed E-state index contributed by atoms with van der Waals surface area (Å²) in [6, 6.07) is 14.3. The van der Waals surface area contributed by atoms with Gasteiger partial charge in [0.1, 0.15) is 11.1 Å².